The van der Waals surface area contributed by atoms with E-state index in [4.69, 9.17) is 0 Å². The topological polar surface area (TPSA) is 12.0 Å². The molecule has 1 aliphatic carbocycles. The number of hydrogen-bond acceptors (Lipinski definition) is 1. The minimum Gasteiger partial charge on any atom is -0.379 e. The van der Waals surface area contributed by atoms with E-state index in [-0.39, 0.29) is 0 Å². The zero-order chi connectivity index (χ0) is 14.1. The minimum absolute atomic E-state index is 0.823. The molecule has 0 unspecified atom stereocenters. The van der Waals surface area contributed by atoms with E-state index < -0.39 is 0 Å². The molecule has 1 aliphatic rings. The number of halogens is 3. The van der Waals surface area contributed by atoms with Crippen LogP contribution >= 0.6 is 47.8 Å². The van der Waals surface area contributed by atoms with E-state index in [1.165, 1.54) is 24.0 Å². The number of rotatable bonds is 4. The highest BCUT2D eigenvalue weighted by atomic mass is 79.9. The van der Waals surface area contributed by atoms with Gasteiger partial charge in [-0.3, -0.25) is 0 Å². The van der Waals surface area contributed by atoms with Crippen LogP contribution in [0.3, 0.4) is 0 Å². The van der Waals surface area contributed by atoms with Crippen LogP contribution in [0, 0.1) is 0 Å². The van der Waals surface area contributed by atoms with Crippen molar-refractivity contribution >= 4 is 53.5 Å². The molecule has 0 bridgehead atoms. The van der Waals surface area contributed by atoms with E-state index in [9.17, 15) is 0 Å². The molecule has 2 aromatic carbocycles. The van der Waals surface area contributed by atoms with Gasteiger partial charge in [0.05, 0.1) is 5.69 Å². The SMILES string of the molecule is Brc1cc(Br)c(NCc2ccc(C3CC3)cc2)c(Br)c1. The van der Waals surface area contributed by atoms with Crippen molar-refractivity contribution in [2.24, 2.45) is 0 Å². The Hall–Kier alpha value is -0.320. The summed E-state index contributed by atoms with van der Waals surface area (Å²) in [7, 11) is 0. The first-order chi connectivity index (χ1) is 9.63. The second-order valence-corrected chi connectivity index (χ2v) is 7.74. The molecule has 1 fully saturated rings. The summed E-state index contributed by atoms with van der Waals surface area (Å²) in [6.07, 6.45) is 2.72. The molecule has 0 aromatic heterocycles. The van der Waals surface area contributed by atoms with Gasteiger partial charge in [-0.1, -0.05) is 40.2 Å². The quantitative estimate of drug-likeness (QED) is 0.553. The molecule has 0 spiro atoms. The zero-order valence-corrected chi connectivity index (χ0v) is 15.6. The van der Waals surface area contributed by atoms with Crippen molar-refractivity contribution in [2.75, 3.05) is 5.32 Å². The van der Waals surface area contributed by atoms with Crippen molar-refractivity contribution < 1.29 is 0 Å². The molecule has 104 valence electrons. The smallest absolute Gasteiger partial charge is 0.0632 e. The Morgan fingerprint density at radius 1 is 0.950 bits per heavy atom. The second kappa shape index (κ2) is 6.20. The predicted octanol–water partition coefficient (Wildman–Crippen LogP) is 6.46. The maximum absolute atomic E-state index is 3.59. The molecule has 4 heteroatoms. The largest absolute Gasteiger partial charge is 0.379 e. The van der Waals surface area contributed by atoms with Gasteiger partial charge in [0.25, 0.3) is 0 Å². The molecule has 20 heavy (non-hydrogen) atoms. The van der Waals surface area contributed by atoms with Gasteiger partial charge in [-0.25, -0.2) is 0 Å². The summed E-state index contributed by atoms with van der Waals surface area (Å²) in [6, 6.07) is 13.1. The summed E-state index contributed by atoms with van der Waals surface area (Å²) in [5.41, 5.74) is 3.87. The Morgan fingerprint density at radius 3 is 2.10 bits per heavy atom. The highest BCUT2D eigenvalue weighted by Gasteiger charge is 2.22. The molecule has 0 radical (unpaired) electrons. The van der Waals surface area contributed by atoms with Crippen molar-refractivity contribution in [3.8, 4) is 0 Å². The highest BCUT2D eigenvalue weighted by molar-refractivity contribution is 9.11. The molecule has 0 amide bonds. The van der Waals surface area contributed by atoms with Gasteiger partial charge in [0, 0.05) is 20.0 Å². The molecule has 1 N–H and O–H groups in total. The van der Waals surface area contributed by atoms with Crippen molar-refractivity contribution in [2.45, 2.75) is 25.3 Å². The van der Waals surface area contributed by atoms with Crippen LogP contribution in [-0.2, 0) is 6.54 Å². The number of hydrogen-bond donors (Lipinski definition) is 1. The van der Waals surface area contributed by atoms with E-state index in [1.54, 1.807) is 0 Å². The molecule has 0 atom stereocenters. The summed E-state index contributed by atoms with van der Waals surface area (Å²) in [6.45, 7) is 0.823. The Morgan fingerprint density at radius 2 is 1.55 bits per heavy atom. The molecular weight excluding hydrogens is 446 g/mol. The van der Waals surface area contributed by atoms with Gasteiger partial charge in [0.1, 0.15) is 0 Å². The standard InChI is InChI=1S/C16H14Br3N/c17-13-7-14(18)16(15(19)8-13)20-9-10-1-3-11(4-2-10)12-5-6-12/h1-4,7-8,12,20H,5-6,9H2. The Balaban J connectivity index is 1.69. The lowest BCUT2D eigenvalue weighted by Crippen LogP contribution is -2.01. The fourth-order valence-electron chi connectivity index (χ4n) is 2.23. The van der Waals surface area contributed by atoms with E-state index in [2.05, 4.69) is 77.4 Å². The van der Waals surface area contributed by atoms with E-state index in [0.29, 0.717) is 0 Å². The van der Waals surface area contributed by atoms with Crippen LogP contribution in [0.4, 0.5) is 5.69 Å². The fraction of sp³-hybridized carbons (Fsp3) is 0.250. The number of nitrogens with one attached hydrogen (secondary N) is 1. The normalized spacial score (nSPS) is 14.3. The first-order valence-electron chi connectivity index (χ1n) is 6.61. The van der Waals surface area contributed by atoms with Crippen LogP contribution in [0.15, 0.2) is 49.8 Å². The molecule has 1 saturated carbocycles. The Labute approximate surface area is 144 Å². The maximum Gasteiger partial charge on any atom is 0.0632 e. The minimum atomic E-state index is 0.823. The van der Waals surface area contributed by atoms with Gasteiger partial charge in [0.2, 0.25) is 0 Å². The Bertz CT molecular complexity index is 595. The van der Waals surface area contributed by atoms with E-state index in [0.717, 1.165) is 31.6 Å². The van der Waals surface area contributed by atoms with Gasteiger partial charge in [-0.05, 0) is 73.9 Å². The zero-order valence-electron chi connectivity index (χ0n) is 10.8. The molecular formula is C16H14Br3N. The van der Waals surface area contributed by atoms with Crippen LogP contribution in [-0.4, -0.2) is 0 Å². The first kappa shape index (κ1) is 14.6. The summed E-state index contributed by atoms with van der Waals surface area (Å²) < 4.78 is 3.15. The van der Waals surface area contributed by atoms with E-state index in [1.807, 2.05) is 12.1 Å². The van der Waals surface area contributed by atoms with Gasteiger partial charge < -0.3 is 5.32 Å². The van der Waals surface area contributed by atoms with Crippen molar-refractivity contribution in [1.82, 2.24) is 0 Å². The van der Waals surface area contributed by atoms with Gasteiger partial charge in [0.15, 0.2) is 0 Å². The molecule has 3 rings (SSSR count). The third-order valence-electron chi connectivity index (χ3n) is 3.50. The monoisotopic (exact) mass is 457 g/mol. The highest BCUT2D eigenvalue weighted by Crippen LogP contribution is 2.40. The van der Waals surface area contributed by atoms with Crippen LogP contribution < -0.4 is 5.32 Å². The van der Waals surface area contributed by atoms with Crippen LogP contribution in [0.2, 0.25) is 0 Å². The van der Waals surface area contributed by atoms with Gasteiger partial charge >= 0.3 is 0 Å². The predicted molar refractivity (Wildman–Crippen MR) is 95.3 cm³/mol. The molecule has 0 heterocycles. The maximum atomic E-state index is 3.59. The van der Waals surface area contributed by atoms with Crippen LogP contribution in [0.1, 0.15) is 29.9 Å². The third-order valence-corrected chi connectivity index (χ3v) is 5.21. The van der Waals surface area contributed by atoms with Crippen molar-refractivity contribution in [3.63, 3.8) is 0 Å². The number of anilines is 1. The lowest BCUT2D eigenvalue weighted by molar-refractivity contribution is 1.10. The Kier molecular flexibility index (Phi) is 4.53. The van der Waals surface area contributed by atoms with E-state index >= 15 is 0 Å². The lowest BCUT2D eigenvalue weighted by Gasteiger charge is -2.12. The van der Waals surface area contributed by atoms with Gasteiger partial charge in [-0.15, -0.1) is 0 Å². The fourth-order valence-corrected chi connectivity index (χ4v) is 4.76. The molecule has 1 nitrogen and oxygen atoms in total. The van der Waals surface area contributed by atoms with Crippen LogP contribution in [0.25, 0.3) is 0 Å². The summed E-state index contributed by atoms with van der Waals surface area (Å²) in [5, 5.41) is 3.47. The average Bonchev–Trinajstić information content (AvgIpc) is 3.22. The van der Waals surface area contributed by atoms with Crippen LogP contribution in [0.5, 0.6) is 0 Å². The second-order valence-electron chi connectivity index (χ2n) is 5.11. The molecule has 0 aliphatic heterocycles. The van der Waals surface area contributed by atoms with Crippen molar-refractivity contribution in [3.05, 3.63) is 60.9 Å². The lowest BCUT2D eigenvalue weighted by atomic mass is 10.1. The first-order valence-corrected chi connectivity index (χ1v) is 8.98. The molecule has 0 saturated heterocycles. The summed E-state index contributed by atoms with van der Waals surface area (Å²) >= 11 is 10.7. The number of benzene rings is 2. The summed E-state index contributed by atoms with van der Waals surface area (Å²) in [4.78, 5) is 0. The van der Waals surface area contributed by atoms with Crippen molar-refractivity contribution in [1.29, 1.82) is 0 Å². The van der Waals surface area contributed by atoms with Gasteiger partial charge in [-0.2, -0.15) is 0 Å². The third kappa shape index (κ3) is 3.46. The summed E-state index contributed by atoms with van der Waals surface area (Å²) in [5.74, 6) is 0.826. The molecule has 2 aromatic rings. The average molecular weight is 460 g/mol.